The van der Waals surface area contributed by atoms with E-state index < -0.39 is 33.6 Å². The minimum absolute atomic E-state index is 0.00358. The Labute approximate surface area is 200 Å². The van der Waals surface area contributed by atoms with Crippen molar-refractivity contribution >= 4 is 15.7 Å². The van der Waals surface area contributed by atoms with Gasteiger partial charge in [0.05, 0.1) is 27.9 Å². The van der Waals surface area contributed by atoms with Gasteiger partial charge >= 0.3 is 12.4 Å². The maximum absolute atomic E-state index is 13.7. The normalized spacial score (nSPS) is 12.4. The summed E-state index contributed by atoms with van der Waals surface area (Å²) in [7, 11) is -2.50. The summed E-state index contributed by atoms with van der Waals surface area (Å²) < 4.78 is 107. The van der Waals surface area contributed by atoms with Gasteiger partial charge < -0.3 is 0 Å². The fraction of sp³-hybridized carbons (Fsp3) is 0.130. The van der Waals surface area contributed by atoms with E-state index in [2.05, 4.69) is 26.6 Å². The van der Waals surface area contributed by atoms with Gasteiger partial charge in [-0.2, -0.15) is 31.4 Å². The molecule has 0 saturated carbocycles. The molecule has 0 atom stereocenters. The molecule has 2 heterocycles. The summed E-state index contributed by atoms with van der Waals surface area (Å²) in [5.74, 6) is 5.32. The van der Waals surface area contributed by atoms with Gasteiger partial charge in [0.1, 0.15) is 0 Å². The summed E-state index contributed by atoms with van der Waals surface area (Å²) in [6.07, 6.45) is -8.39. The number of halogens is 6. The lowest BCUT2D eigenvalue weighted by Crippen LogP contribution is -2.18. The first-order valence-corrected chi connectivity index (χ1v) is 11.5. The number of nitrogens with zero attached hydrogens (tertiary/aromatic N) is 3. The van der Waals surface area contributed by atoms with Crippen molar-refractivity contribution in [2.24, 2.45) is 0 Å². The zero-order chi connectivity index (χ0) is 26.3. The van der Waals surface area contributed by atoms with Crippen LogP contribution in [0.25, 0.3) is 16.9 Å². The van der Waals surface area contributed by atoms with E-state index in [1.54, 1.807) is 0 Å². The smallest absolute Gasteiger partial charge is 0.227 e. The first kappa shape index (κ1) is 25.2. The maximum atomic E-state index is 13.7. The summed E-state index contributed by atoms with van der Waals surface area (Å²) in [4.78, 5) is 4.11. The molecule has 0 aliphatic rings. The first-order valence-electron chi connectivity index (χ1n) is 9.99. The lowest BCUT2D eigenvalue weighted by Gasteiger charge is -2.12. The van der Waals surface area contributed by atoms with Gasteiger partial charge in [0.2, 0.25) is 10.0 Å². The minimum Gasteiger partial charge on any atom is -0.227 e. The summed E-state index contributed by atoms with van der Waals surface area (Å²) in [6.45, 7) is 0. The molecule has 0 unspecified atom stereocenters. The van der Waals surface area contributed by atoms with E-state index in [9.17, 15) is 34.8 Å². The van der Waals surface area contributed by atoms with Crippen LogP contribution in [0.5, 0.6) is 0 Å². The number of sulfonamides is 1. The van der Waals surface area contributed by atoms with Crippen LogP contribution in [0.4, 0.5) is 26.3 Å². The number of alkyl halides is 6. The molecular weight excluding hydrogens is 510 g/mol. The third-order valence-corrected chi connectivity index (χ3v) is 6.44. The van der Waals surface area contributed by atoms with E-state index in [0.717, 1.165) is 30.5 Å². The van der Waals surface area contributed by atoms with Crippen molar-refractivity contribution in [3.05, 3.63) is 83.2 Å². The van der Waals surface area contributed by atoms with Gasteiger partial charge in [-0.3, -0.25) is 0 Å². The molecule has 1 N–H and O–H groups in total. The second-order valence-electron chi connectivity index (χ2n) is 7.38. The van der Waals surface area contributed by atoms with Crippen molar-refractivity contribution in [1.29, 1.82) is 0 Å². The highest BCUT2D eigenvalue weighted by atomic mass is 32.2. The topological polar surface area (TPSA) is 76.4 Å². The van der Waals surface area contributed by atoms with E-state index in [1.807, 2.05) is 0 Å². The molecule has 0 bridgehead atoms. The molecule has 0 aliphatic heterocycles. The summed E-state index contributed by atoms with van der Waals surface area (Å²) in [5, 5.41) is 3.73. The van der Waals surface area contributed by atoms with Crippen LogP contribution in [0.2, 0.25) is 0 Å². The van der Waals surface area contributed by atoms with Crippen LogP contribution >= 0.6 is 0 Å². The molecule has 0 spiro atoms. The van der Waals surface area contributed by atoms with Crippen molar-refractivity contribution in [3.8, 4) is 23.1 Å². The quantitative estimate of drug-likeness (QED) is 0.310. The number of hydrogen-bond donors (Lipinski definition) is 1. The zero-order valence-electron chi connectivity index (χ0n) is 18.1. The predicted octanol–water partition coefficient (Wildman–Crippen LogP) is 4.74. The molecule has 2 aromatic heterocycles. The van der Waals surface area contributed by atoms with E-state index in [4.69, 9.17) is 0 Å². The molecule has 36 heavy (non-hydrogen) atoms. The highest BCUT2D eigenvalue weighted by Crippen LogP contribution is 2.34. The lowest BCUT2D eigenvalue weighted by molar-refractivity contribution is -0.142. The van der Waals surface area contributed by atoms with Crippen LogP contribution in [-0.2, 0) is 22.4 Å². The van der Waals surface area contributed by atoms with Crippen molar-refractivity contribution in [2.45, 2.75) is 17.2 Å². The molecule has 186 valence electrons. The molecular formula is C23H14F6N4O2S. The number of hydrogen-bond acceptors (Lipinski definition) is 4. The molecule has 13 heteroatoms. The van der Waals surface area contributed by atoms with Crippen LogP contribution in [0.1, 0.15) is 22.4 Å². The second kappa shape index (κ2) is 8.96. The third-order valence-electron chi connectivity index (χ3n) is 5.02. The third kappa shape index (κ3) is 5.05. The van der Waals surface area contributed by atoms with Crippen molar-refractivity contribution in [1.82, 2.24) is 19.3 Å². The Morgan fingerprint density at radius 3 is 2.22 bits per heavy atom. The number of aromatic nitrogens is 3. The highest BCUT2D eigenvalue weighted by Gasteiger charge is 2.36. The van der Waals surface area contributed by atoms with Crippen molar-refractivity contribution in [3.63, 3.8) is 0 Å². The van der Waals surface area contributed by atoms with Crippen LogP contribution in [0.3, 0.4) is 0 Å². The van der Waals surface area contributed by atoms with Crippen LogP contribution < -0.4 is 4.72 Å². The number of rotatable bonds is 3. The Kier molecular flexibility index (Phi) is 6.27. The average Bonchev–Trinajstić information content (AvgIpc) is 3.24. The monoisotopic (exact) mass is 524 g/mol. The average molecular weight is 524 g/mol. The second-order valence-corrected chi connectivity index (χ2v) is 9.27. The predicted molar refractivity (Wildman–Crippen MR) is 117 cm³/mol. The van der Waals surface area contributed by atoms with Gasteiger partial charge in [-0.15, -0.1) is 0 Å². The van der Waals surface area contributed by atoms with Crippen LogP contribution in [-0.4, -0.2) is 30.1 Å². The molecule has 0 saturated heterocycles. The highest BCUT2D eigenvalue weighted by molar-refractivity contribution is 7.89. The van der Waals surface area contributed by atoms with E-state index >= 15 is 0 Å². The van der Waals surface area contributed by atoms with Crippen molar-refractivity contribution in [2.75, 3.05) is 7.05 Å². The Morgan fingerprint density at radius 2 is 1.61 bits per heavy atom. The zero-order valence-corrected chi connectivity index (χ0v) is 18.9. The molecule has 0 radical (unpaired) electrons. The SMILES string of the molecule is CNS(=O)(=O)c1cccc(C#Cc2cnn3c(C(F)(F)F)cc(-c4ccc(C(F)(F)F)cc4)nc23)c1. The molecule has 0 amide bonds. The largest absolute Gasteiger partial charge is 0.433 e. The number of fused-ring (bicyclic) bond motifs is 1. The first-order chi connectivity index (χ1) is 16.8. The van der Waals surface area contributed by atoms with Crippen LogP contribution in [0.15, 0.2) is 65.7 Å². The maximum Gasteiger partial charge on any atom is 0.433 e. The molecule has 2 aromatic carbocycles. The standard InChI is InChI=1S/C23H14F6N4O2S/c1-30-36(34,35)18-4-2-3-14(11-18)5-6-16-13-31-33-20(23(27,28)29)12-19(32-21(16)33)15-7-9-17(10-8-15)22(24,25)26/h2-4,7-13,30H,1H3. The Hall–Kier alpha value is -3.89. The lowest BCUT2D eigenvalue weighted by atomic mass is 10.1. The Morgan fingerprint density at radius 1 is 0.917 bits per heavy atom. The number of nitrogens with one attached hydrogen (secondary N) is 1. The van der Waals surface area contributed by atoms with Crippen molar-refractivity contribution < 1.29 is 34.8 Å². The number of benzene rings is 2. The van der Waals surface area contributed by atoms with E-state index in [1.165, 1.54) is 31.3 Å². The minimum atomic E-state index is -4.85. The summed E-state index contributed by atoms with van der Waals surface area (Å²) >= 11 is 0. The molecule has 0 aliphatic carbocycles. The van der Waals surface area contributed by atoms with E-state index in [-0.39, 0.29) is 32.9 Å². The summed E-state index contributed by atoms with van der Waals surface area (Å²) in [6, 6.07) is 9.82. The van der Waals surface area contributed by atoms with Gasteiger partial charge in [-0.05, 0) is 43.4 Å². The Balaban J connectivity index is 1.83. The fourth-order valence-corrected chi connectivity index (χ4v) is 4.00. The molecule has 6 nitrogen and oxygen atoms in total. The van der Waals surface area contributed by atoms with Gasteiger partial charge in [0, 0.05) is 11.1 Å². The summed E-state index contributed by atoms with van der Waals surface area (Å²) in [5.41, 5.74) is -2.36. The van der Waals surface area contributed by atoms with Gasteiger partial charge in [0.15, 0.2) is 11.3 Å². The van der Waals surface area contributed by atoms with E-state index in [0.29, 0.717) is 10.6 Å². The fourth-order valence-electron chi connectivity index (χ4n) is 3.23. The Bertz CT molecular complexity index is 1610. The molecule has 4 rings (SSSR count). The van der Waals surface area contributed by atoms with Gasteiger partial charge in [0.25, 0.3) is 0 Å². The van der Waals surface area contributed by atoms with Gasteiger partial charge in [-0.25, -0.2) is 22.6 Å². The molecule has 4 aromatic rings. The molecule has 0 fully saturated rings. The van der Waals surface area contributed by atoms with Crippen LogP contribution in [0, 0.1) is 11.8 Å². The van der Waals surface area contributed by atoms with Gasteiger partial charge in [-0.1, -0.05) is 30.0 Å².